The Morgan fingerprint density at radius 2 is 1.04 bits per heavy atom. The minimum absolute atomic E-state index is 0.493. The van der Waals surface area contributed by atoms with E-state index in [1.54, 1.807) is 12.1 Å². The van der Waals surface area contributed by atoms with Crippen LogP contribution in [-0.4, -0.2) is 0 Å². The van der Waals surface area contributed by atoms with Crippen LogP contribution in [0, 0.1) is 22.7 Å². The van der Waals surface area contributed by atoms with Gasteiger partial charge in [0, 0.05) is 0 Å². The lowest BCUT2D eigenvalue weighted by Gasteiger charge is -2.09. The number of hydrogen-bond acceptors (Lipinski definition) is 2. The van der Waals surface area contributed by atoms with Crippen LogP contribution in [0.1, 0.15) is 11.1 Å². The zero-order valence-corrected chi connectivity index (χ0v) is 15.1. The molecule has 4 aromatic carbocycles. The molecule has 0 aromatic heterocycles. The van der Waals surface area contributed by atoms with Crippen LogP contribution in [0.3, 0.4) is 0 Å². The van der Waals surface area contributed by atoms with E-state index < -0.39 is 0 Å². The number of hydrogen-bond donors (Lipinski definition) is 0. The van der Waals surface area contributed by atoms with Gasteiger partial charge in [-0.1, -0.05) is 72.8 Å². The van der Waals surface area contributed by atoms with Crippen LogP contribution in [0.5, 0.6) is 0 Å². The molecule has 0 heterocycles. The summed E-state index contributed by atoms with van der Waals surface area (Å²) in [5.74, 6) is 0. The fourth-order valence-electron chi connectivity index (χ4n) is 3.33. The Labute approximate surface area is 164 Å². The second-order valence-electron chi connectivity index (χ2n) is 6.51. The van der Waals surface area contributed by atoms with E-state index in [0.717, 1.165) is 22.3 Å². The van der Waals surface area contributed by atoms with Crippen LogP contribution in [0.25, 0.3) is 33.4 Å². The molecule has 28 heavy (non-hydrogen) atoms. The zero-order valence-electron chi connectivity index (χ0n) is 15.1. The van der Waals surface area contributed by atoms with Gasteiger partial charge in [0.15, 0.2) is 0 Å². The predicted octanol–water partition coefficient (Wildman–Crippen LogP) is 6.43. The van der Waals surface area contributed by atoms with E-state index in [9.17, 15) is 5.26 Å². The minimum atomic E-state index is 0.493. The van der Waals surface area contributed by atoms with Gasteiger partial charge in [-0.05, 0) is 57.6 Å². The maximum atomic E-state index is 9.49. The van der Waals surface area contributed by atoms with Crippen molar-refractivity contribution in [1.29, 1.82) is 10.5 Å². The van der Waals surface area contributed by atoms with Crippen LogP contribution >= 0.6 is 0 Å². The maximum absolute atomic E-state index is 9.49. The van der Waals surface area contributed by atoms with Gasteiger partial charge < -0.3 is 0 Å². The second-order valence-corrected chi connectivity index (χ2v) is 6.51. The van der Waals surface area contributed by atoms with Crippen molar-refractivity contribution < 1.29 is 0 Å². The smallest absolute Gasteiger partial charge is 0.0998 e. The summed E-state index contributed by atoms with van der Waals surface area (Å²) in [5, 5.41) is 18.6. The van der Waals surface area contributed by atoms with E-state index >= 15 is 0 Å². The van der Waals surface area contributed by atoms with Crippen LogP contribution < -0.4 is 0 Å². The molecule has 0 atom stereocenters. The first-order valence-electron chi connectivity index (χ1n) is 8.99. The lowest BCUT2D eigenvalue weighted by molar-refractivity contribution is 1.44. The maximum Gasteiger partial charge on any atom is 0.0998 e. The molecular formula is C26H16N2. The SMILES string of the molecule is N#Cc1ccc(-c2cccc(-c3cccc(-c4ccccc4)c3)c2)c(C#N)c1. The van der Waals surface area contributed by atoms with Crippen molar-refractivity contribution in [3.8, 4) is 45.5 Å². The molecule has 0 fully saturated rings. The first-order valence-corrected chi connectivity index (χ1v) is 8.99. The van der Waals surface area contributed by atoms with Gasteiger partial charge in [0.2, 0.25) is 0 Å². The fourth-order valence-corrected chi connectivity index (χ4v) is 3.33. The van der Waals surface area contributed by atoms with E-state index in [1.165, 1.54) is 11.1 Å². The molecule has 130 valence electrons. The monoisotopic (exact) mass is 356 g/mol. The highest BCUT2D eigenvalue weighted by Gasteiger charge is 2.08. The molecule has 2 nitrogen and oxygen atoms in total. The first-order chi connectivity index (χ1) is 13.8. The molecule has 0 N–H and O–H groups in total. The van der Waals surface area contributed by atoms with E-state index in [4.69, 9.17) is 5.26 Å². The van der Waals surface area contributed by atoms with Gasteiger partial charge in [0.1, 0.15) is 0 Å². The van der Waals surface area contributed by atoms with Crippen molar-refractivity contribution in [3.05, 3.63) is 108 Å². The van der Waals surface area contributed by atoms with E-state index in [0.29, 0.717) is 11.1 Å². The summed E-state index contributed by atoms with van der Waals surface area (Å²) in [7, 11) is 0. The Balaban J connectivity index is 1.77. The topological polar surface area (TPSA) is 47.6 Å². The molecular weight excluding hydrogens is 340 g/mol. The van der Waals surface area contributed by atoms with Crippen molar-refractivity contribution in [3.63, 3.8) is 0 Å². The molecule has 0 amide bonds. The molecule has 4 rings (SSSR count). The molecule has 0 spiro atoms. The van der Waals surface area contributed by atoms with Crippen LogP contribution in [0.15, 0.2) is 97.1 Å². The van der Waals surface area contributed by atoms with Crippen molar-refractivity contribution in [2.45, 2.75) is 0 Å². The lowest BCUT2D eigenvalue weighted by atomic mass is 9.94. The highest BCUT2D eigenvalue weighted by molar-refractivity contribution is 5.79. The molecule has 0 saturated heterocycles. The third kappa shape index (κ3) is 3.40. The normalized spacial score (nSPS) is 10.1. The summed E-state index contributed by atoms with van der Waals surface area (Å²) < 4.78 is 0. The molecule has 4 aromatic rings. The summed E-state index contributed by atoms with van der Waals surface area (Å²) >= 11 is 0. The average molecular weight is 356 g/mol. The second kappa shape index (κ2) is 7.62. The van der Waals surface area contributed by atoms with E-state index in [-0.39, 0.29) is 0 Å². The van der Waals surface area contributed by atoms with Crippen molar-refractivity contribution in [2.24, 2.45) is 0 Å². The molecule has 0 radical (unpaired) electrons. The number of rotatable bonds is 3. The van der Waals surface area contributed by atoms with Gasteiger partial charge in [-0.2, -0.15) is 10.5 Å². The Hall–Kier alpha value is -4.14. The van der Waals surface area contributed by atoms with Crippen LogP contribution in [0.4, 0.5) is 0 Å². The third-order valence-corrected chi connectivity index (χ3v) is 4.75. The first kappa shape index (κ1) is 17.3. The number of benzene rings is 4. The van der Waals surface area contributed by atoms with Crippen molar-refractivity contribution >= 4 is 0 Å². The summed E-state index contributed by atoms with van der Waals surface area (Å²) in [4.78, 5) is 0. The minimum Gasteiger partial charge on any atom is -0.192 e. The predicted molar refractivity (Wildman–Crippen MR) is 112 cm³/mol. The average Bonchev–Trinajstić information content (AvgIpc) is 2.79. The fraction of sp³-hybridized carbons (Fsp3) is 0. The molecule has 0 bridgehead atoms. The van der Waals surface area contributed by atoms with Gasteiger partial charge in [-0.15, -0.1) is 0 Å². The Morgan fingerprint density at radius 1 is 0.464 bits per heavy atom. The van der Waals surface area contributed by atoms with Crippen LogP contribution in [-0.2, 0) is 0 Å². The summed E-state index contributed by atoms with van der Waals surface area (Å²) in [5.41, 5.74) is 7.35. The van der Waals surface area contributed by atoms with Crippen molar-refractivity contribution in [2.75, 3.05) is 0 Å². The zero-order chi connectivity index (χ0) is 19.3. The quantitative estimate of drug-likeness (QED) is 0.424. The Bertz CT molecular complexity index is 1230. The number of nitrogens with zero attached hydrogens (tertiary/aromatic N) is 2. The molecule has 0 unspecified atom stereocenters. The summed E-state index contributed by atoms with van der Waals surface area (Å²) in [6.07, 6.45) is 0. The third-order valence-electron chi connectivity index (χ3n) is 4.75. The highest BCUT2D eigenvalue weighted by Crippen LogP contribution is 2.31. The largest absolute Gasteiger partial charge is 0.192 e. The summed E-state index contributed by atoms with van der Waals surface area (Å²) in [6.45, 7) is 0. The van der Waals surface area contributed by atoms with Gasteiger partial charge >= 0.3 is 0 Å². The molecule has 0 aliphatic heterocycles. The van der Waals surface area contributed by atoms with Gasteiger partial charge in [0.05, 0.1) is 23.3 Å². The Morgan fingerprint density at radius 3 is 1.68 bits per heavy atom. The van der Waals surface area contributed by atoms with E-state index in [2.05, 4.69) is 60.7 Å². The van der Waals surface area contributed by atoms with Crippen molar-refractivity contribution in [1.82, 2.24) is 0 Å². The highest BCUT2D eigenvalue weighted by atomic mass is 14.3. The molecule has 0 aliphatic rings. The molecule has 0 saturated carbocycles. The molecule has 2 heteroatoms. The van der Waals surface area contributed by atoms with Gasteiger partial charge in [0.25, 0.3) is 0 Å². The summed E-state index contributed by atoms with van der Waals surface area (Å²) in [6, 6.07) is 36.4. The molecule has 0 aliphatic carbocycles. The number of nitriles is 2. The standard InChI is InChI=1S/C26H16N2/c27-17-19-12-13-26(25(14-19)18-28)24-11-5-10-23(16-24)22-9-4-8-21(15-22)20-6-2-1-3-7-20/h1-16H. The Kier molecular flexibility index (Phi) is 4.70. The van der Waals surface area contributed by atoms with Gasteiger partial charge in [-0.3, -0.25) is 0 Å². The van der Waals surface area contributed by atoms with Gasteiger partial charge in [-0.25, -0.2) is 0 Å². The lowest BCUT2D eigenvalue weighted by Crippen LogP contribution is -1.88. The van der Waals surface area contributed by atoms with E-state index in [1.807, 2.05) is 36.4 Å². The van der Waals surface area contributed by atoms with Crippen LogP contribution in [0.2, 0.25) is 0 Å².